The maximum absolute atomic E-state index is 14.5. The number of nitrogens with zero attached hydrogens (tertiary/aromatic N) is 3. The lowest BCUT2D eigenvalue weighted by atomic mass is 9.75. The molecule has 1 aromatic carbocycles. The molecule has 10 heteroatoms. The third-order valence-corrected chi connectivity index (χ3v) is 5.47. The summed E-state index contributed by atoms with van der Waals surface area (Å²) in [6, 6.07) is 8.15. The van der Waals surface area contributed by atoms with E-state index in [1.807, 2.05) is 0 Å². The van der Waals surface area contributed by atoms with Gasteiger partial charge in [-0.05, 0) is 37.0 Å². The minimum atomic E-state index is -0.774. The van der Waals surface area contributed by atoms with E-state index >= 15 is 0 Å². The van der Waals surface area contributed by atoms with Gasteiger partial charge in [-0.25, -0.2) is 9.37 Å². The van der Waals surface area contributed by atoms with Crippen molar-refractivity contribution in [1.29, 1.82) is 0 Å². The van der Waals surface area contributed by atoms with Crippen molar-refractivity contribution in [2.75, 3.05) is 5.32 Å². The molecule has 146 valence electrons. The van der Waals surface area contributed by atoms with Gasteiger partial charge in [-0.15, -0.1) is 3.89 Å². The molecule has 1 aliphatic rings. The first-order chi connectivity index (χ1) is 13.4. The Morgan fingerprint density at radius 2 is 2.04 bits per heavy atom. The molecule has 0 spiro atoms. The summed E-state index contributed by atoms with van der Waals surface area (Å²) in [5.74, 6) is -1.04. The monoisotopic (exact) mass is 405 g/mol. The summed E-state index contributed by atoms with van der Waals surface area (Å²) < 4.78 is 28.7. The zero-order chi connectivity index (χ0) is 19.9. The fourth-order valence-corrected chi connectivity index (χ4v) is 3.64. The molecule has 0 aliphatic heterocycles. The van der Waals surface area contributed by atoms with Gasteiger partial charge in [-0.1, -0.05) is 17.3 Å². The number of rotatable bonds is 5. The third-order valence-electron chi connectivity index (χ3n) is 5.02. The number of amidine groups is 1. The third kappa shape index (κ3) is 3.04. The first kappa shape index (κ1) is 18.5. The molecular weight excluding hydrogens is 388 g/mol. The van der Waals surface area contributed by atoms with Gasteiger partial charge in [0, 0.05) is 18.0 Å². The van der Waals surface area contributed by atoms with Gasteiger partial charge in [-0.3, -0.25) is 3.97 Å². The Labute approximate surface area is 163 Å². The predicted octanol–water partition coefficient (Wildman–Crippen LogP) is 3.77. The first-order valence-electron chi connectivity index (χ1n) is 8.54. The van der Waals surface area contributed by atoms with E-state index in [4.69, 9.17) is 10.9 Å². The number of nitrogens with one attached hydrogen (secondary N) is 1. The van der Waals surface area contributed by atoms with Gasteiger partial charge in [-0.2, -0.15) is 0 Å². The van der Waals surface area contributed by atoms with Crippen LogP contribution in [0, 0.1) is 5.82 Å². The van der Waals surface area contributed by atoms with E-state index in [0.717, 1.165) is 34.9 Å². The zero-order valence-corrected chi connectivity index (χ0v) is 15.4. The minimum Gasteiger partial charge on any atom is -0.409 e. The zero-order valence-electron chi connectivity index (χ0n) is 14.6. The summed E-state index contributed by atoms with van der Waals surface area (Å²) in [4.78, 5) is 4.20. The minimum absolute atomic E-state index is 0.0868. The molecule has 1 fully saturated rings. The standard InChI is InChI=1S/C18H17F2N5O2S/c19-13-8-14-15(12(16(21)24-27)9-25(14)28-20)23-17(13)22-11-4-2-10(3-5-11)18(26)6-1-7-18/h2-5,8-9,26-27H,1,6-7H2,(H2,21,24)(H,22,23). The van der Waals surface area contributed by atoms with Crippen LogP contribution in [0.15, 0.2) is 41.7 Å². The van der Waals surface area contributed by atoms with E-state index in [1.54, 1.807) is 24.3 Å². The Hall–Kier alpha value is -2.85. The van der Waals surface area contributed by atoms with Crippen LogP contribution in [-0.4, -0.2) is 25.1 Å². The SMILES string of the molecule is N/C(=N\O)c1cn(SF)c2cc(F)c(Nc3ccc(C4(O)CCC4)cc3)nc12. The number of benzene rings is 1. The summed E-state index contributed by atoms with van der Waals surface area (Å²) in [5, 5.41) is 25.1. The van der Waals surface area contributed by atoms with Crippen molar-refractivity contribution in [3.05, 3.63) is 53.5 Å². The summed E-state index contributed by atoms with van der Waals surface area (Å²) >= 11 is -0.149. The van der Waals surface area contributed by atoms with Gasteiger partial charge < -0.3 is 21.4 Å². The number of nitrogens with two attached hydrogens (primary N) is 1. The molecule has 28 heavy (non-hydrogen) atoms. The lowest BCUT2D eigenvalue weighted by Crippen LogP contribution is -2.33. The van der Waals surface area contributed by atoms with Crippen LogP contribution in [0.5, 0.6) is 0 Å². The number of pyridine rings is 1. The number of aliphatic hydroxyl groups is 1. The van der Waals surface area contributed by atoms with Gasteiger partial charge in [0.1, 0.15) is 5.52 Å². The van der Waals surface area contributed by atoms with Crippen molar-refractivity contribution in [3.63, 3.8) is 0 Å². The molecule has 3 aromatic rings. The van der Waals surface area contributed by atoms with E-state index in [0.29, 0.717) is 5.69 Å². The molecule has 7 nitrogen and oxygen atoms in total. The van der Waals surface area contributed by atoms with Crippen LogP contribution in [-0.2, 0) is 5.60 Å². The van der Waals surface area contributed by atoms with Crippen molar-refractivity contribution in [1.82, 2.24) is 8.96 Å². The Morgan fingerprint density at radius 1 is 1.32 bits per heavy atom. The Bertz CT molecular complexity index is 1060. The number of oxime groups is 1. The average molecular weight is 405 g/mol. The molecule has 2 aromatic heterocycles. The van der Waals surface area contributed by atoms with Crippen LogP contribution in [0.3, 0.4) is 0 Å². The summed E-state index contributed by atoms with van der Waals surface area (Å²) in [6.07, 6.45) is 3.72. The molecular formula is C18H17F2N5O2S. The number of halogens is 2. The summed E-state index contributed by atoms with van der Waals surface area (Å²) in [7, 11) is 0. The highest BCUT2D eigenvalue weighted by molar-refractivity contribution is 7.92. The molecule has 0 bridgehead atoms. The maximum Gasteiger partial charge on any atom is 0.173 e. The number of aromatic nitrogens is 2. The molecule has 0 atom stereocenters. The Balaban J connectivity index is 1.69. The molecule has 4 rings (SSSR count). The average Bonchev–Trinajstić information content (AvgIpc) is 3.04. The smallest absolute Gasteiger partial charge is 0.173 e. The fraction of sp³-hybridized carbons (Fsp3) is 0.222. The fourth-order valence-electron chi connectivity index (χ4n) is 3.28. The van der Waals surface area contributed by atoms with Gasteiger partial charge in [0.05, 0.1) is 16.7 Å². The van der Waals surface area contributed by atoms with Crippen LogP contribution < -0.4 is 11.1 Å². The van der Waals surface area contributed by atoms with Crippen molar-refractivity contribution >= 4 is 40.7 Å². The largest absolute Gasteiger partial charge is 0.409 e. The quantitative estimate of drug-likeness (QED) is 0.223. The van der Waals surface area contributed by atoms with E-state index in [1.165, 1.54) is 6.20 Å². The molecule has 0 amide bonds. The van der Waals surface area contributed by atoms with Crippen LogP contribution in [0.2, 0.25) is 0 Å². The van der Waals surface area contributed by atoms with Crippen molar-refractivity contribution in [2.45, 2.75) is 24.9 Å². The molecule has 5 N–H and O–H groups in total. The number of fused-ring (bicyclic) bond motifs is 1. The highest BCUT2D eigenvalue weighted by atomic mass is 32.2. The normalized spacial score (nSPS) is 16.2. The topological polar surface area (TPSA) is 109 Å². The number of hydrogen-bond acceptors (Lipinski definition) is 6. The van der Waals surface area contributed by atoms with E-state index in [2.05, 4.69) is 15.5 Å². The van der Waals surface area contributed by atoms with Crippen LogP contribution in [0.1, 0.15) is 30.4 Å². The lowest BCUT2D eigenvalue weighted by Gasteiger charge is -2.37. The summed E-state index contributed by atoms with van der Waals surface area (Å²) in [5.41, 5.74) is 6.75. The lowest BCUT2D eigenvalue weighted by molar-refractivity contribution is -0.0387. The molecule has 1 aliphatic carbocycles. The second-order valence-electron chi connectivity index (χ2n) is 6.70. The van der Waals surface area contributed by atoms with Gasteiger partial charge in [0.2, 0.25) is 0 Å². The van der Waals surface area contributed by atoms with Crippen molar-refractivity contribution in [2.24, 2.45) is 10.9 Å². The van der Waals surface area contributed by atoms with Crippen LogP contribution in [0.25, 0.3) is 11.0 Å². The van der Waals surface area contributed by atoms with Gasteiger partial charge >= 0.3 is 0 Å². The second-order valence-corrected chi connectivity index (χ2v) is 7.23. The van der Waals surface area contributed by atoms with Crippen LogP contribution >= 0.6 is 12.3 Å². The summed E-state index contributed by atoms with van der Waals surface area (Å²) in [6.45, 7) is 0. The number of anilines is 2. The van der Waals surface area contributed by atoms with Gasteiger partial charge in [0.15, 0.2) is 29.8 Å². The van der Waals surface area contributed by atoms with Crippen molar-refractivity contribution < 1.29 is 18.6 Å². The van der Waals surface area contributed by atoms with E-state index in [-0.39, 0.29) is 40.6 Å². The predicted molar refractivity (Wildman–Crippen MR) is 104 cm³/mol. The molecule has 0 unspecified atom stereocenters. The highest BCUT2D eigenvalue weighted by Crippen LogP contribution is 2.41. The molecule has 1 saturated carbocycles. The van der Waals surface area contributed by atoms with Crippen molar-refractivity contribution in [3.8, 4) is 0 Å². The second kappa shape index (κ2) is 6.95. The highest BCUT2D eigenvalue weighted by Gasteiger charge is 2.35. The maximum atomic E-state index is 14.5. The van der Waals surface area contributed by atoms with Gasteiger partial charge in [0.25, 0.3) is 0 Å². The van der Waals surface area contributed by atoms with E-state index < -0.39 is 11.4 Å². The van der Waals surface area contributed by atoms with Crippen LogP contribution in [0.4, 0.5) is 19.8 Å². The first-order valence-corrected chi connectivity index (χ1v) is 9.21. The number of hydrogen-bond donors (Lipinski definition) is 4. The molecule has 0 saturated heterocycles. The Kier molecular flexibility index (Phi) is 4.60. The van der Waals surface area contributed by atoms with E-state index in [9.17, 15) is 13.4 Å². The molecule has 0 radical (unpaired) electrons. The Morgan fingerprint density at radius 3 is 2.61 bits per heavy atom. The molecule has 2 heterocycles.